The smallest absolute Gasteiger partial charge is 0.238 e. The summed E-state index contributed by atoms with van der Waals surface area (Å²) in [4.78, 5) is 16.3. The number of furan rings is 1. The van der Waals surface area contributed by atoms with Crippen molar-refractivity contribution in [3.05, 3.63) is 79.9 Å². The Morgan fingerprint density at radius 2 is 2.06 bits per heavy atom. The molecule has 2 aromatic heterocycles. The molecule has 10 heteroatoms. The van der Waals surface area contributed by atoms with Gasteiger partial charge in [0.05, 0.1) is 31.7 Å². The van der Waals surface area contributed by atoms with Crippen LogP contribution in [-0.2, 0) is 27.8 Å². The lowest BCUT2D eigenvalue weighted by Crippen LogP contribution is -2.46. The number of benzene rings is 1. The van der Waals surface area contributed by atoms with E-state index in [2.05, 4.69) is 0 Å². The molecule has 1 aliphatic rings. The molecule has 0 aliphatic carbocycles. The molecular weight excluding hydrogens is 479 g/mol. The molecule has 164 valence electrons. The van der Waals surface area contributed by atoms with Gasteiger partial charge in [-0.3, -0.25) is 4.79 Å². The van der Waals surface area contributed by atoms with Gasteiger partial charge >= 0.3 is 0 Å². The van der Waals surface area contributed by atoms with Crippen molar-refractivity contribution in [3.8, 4) is 0 Å². The Kier molecular flexibility index (Phi) is 6.46. The molecule has 0 bridgehead atoms. The quantitative estimate of drug-likeness (QED) is 0.498. The van der Waals surface area contributed by atoms with E-state index in [1.807, 2.05) is 17.5 Å². The highest BCUT2D eigenvalue weighted by atomic mass is 35.5. The molecule has 4 rings (SSSR count). The normalized spacial score (nSPS) is 16.5. The molecule has 6 nitrogen and oxygen atoms in total. The minimum absolute atomic E-state index is 0.0124. The lowest BCUT2D eigenvalue weighted by molar-refractivity contribution is -0.133. The van der Waals surface area contributed by atoms with Gasteiger partial charge in [-0.25, -0.2) is 8.42 Å². The molecule has 1 amide bonds. The Labute approximate surface area is 195 Å². The fourth-order valence-electron chi connectivity index (χ4n) is 3.75. The lowest BCUT2D eigenvalue weighted by Gasteiger charge is -2.37. The zero-order chi connectivity index (χ0) is 22.2. The van der Waals surface area contributed by atoms with Crippen LogP contribution in [0.5, 0.6) is 0 Å². The van der Waals surface area contributed by atoms with E-state index in [9.17, 15) is 13.2 Å². The first-order valence-electron chi connectivity index (χ1n) is 9.52. The van der Waals surface area contributed by atoms with Gasteiger partial charge in [-0.05, 0) is 53.3 Å². The van der Waals surface area contributed by atoms with E-state index in [1.165, 1.54) is 11.1 Å². The molecule has 0 saturated carbocycles. The van der Waals surface area contributed by atoms with Crippen LogP contribution >= 0.6 is 34.5 Å². The van der Waals surface area contributed by atoms with Crippen molar-refractivity contribution >= 4 is 50.5 Å². The average Bonchev–Trinajstić information content (AvgIpc) is 3.38. The molecule has 0 fully saturated rings. The summed E-state index contributed by atoms with van der Waals surface area (Å²) >= 11 is 14.2. The minimum Gasteiger partial charge on any atom is -0.468 e. The van der Waals surface area contributed by atoms with Crippen molar-refractivity contribution in [3.63, 3.8) is 0 Å². The fraction of sp³-hybridized carbons (Fsp3) is 0.286. The van der Waals surface area contributed by atoms with Gasteiger partial charge in [0.25, 0.3) is 0 Å². The summed E-state index contributed by atoms with van der Waals surface area (Å²) in [6.45, 7) is 0.163. The first-order chi connectivity index (χ1) is 14.7. The summed E-state index contributed by atoms with van der Waals surface area (Å²) < 4.78 is 31.1. The van der Waals surface area contributed by atoms with Crippen molar-refractivity contribution in [2.45, 2.75) is 19.0 Å². The van der Waals surface area contributed by atoms with Crippen molar-refractivity contribution in [1.29, 1.82) is 0 Å². The summed E-state index contributed by atoms with van der Waals surface area (Å²) in [5.74, 6) is 0.166. The predicted molar refractivity (Wildman–Crippen MR) is 122 cm³/mol. The second-order valence-electron chi connectivity index (χ2n) is 7.32. The third-order valence-electron chi connectivity index (χ3n) is 5.24. The third kappa shape index (κ3) is 4.83. The second kappa shape index (κ2) is 8.96. The van der Waals surface area contributed by atoms with Crippen LogP contribution in [0.15, 0.2) is 52.5 Å². The number of carbonyl (C=O) groups is 1. The number of hydrogen-bond acceptors (Lipinski definition) is 5. The Morgan fingerprint density at radius 1 is 1.26 bits per heavy atom. The highest BCUT2D eigenvalue weighted by Gasteiger charge is 2.35. The number of sulfonamides is 1. The number of carbonyl (C=O) groups excluding carboxylic acids is 1. The molecule has 1 aromatic carbocycles. The Balaban J connectivity index is 1.66. The van der Waals surface area contributed by atoms with Crippen LogP contribution in [0.25, 0.3) is 0 Å². The maximum Gasteiger partial charge on any atom is 0.238 e. The summed E-state index contributed by atoms with van der Waals surface area (Å²) in [5, 5.41) is 2.97. The van der Waals surface area contributed by atoms with Crippen LogP contribution < -0.4 is 0 Å². The highest BCUT2D eigenvalue weighted by molar-refractivity contribution is 7.88. The third-order valence-corrected chi connectivity index (χ3v) is 7.99. The monoisotopic (exact) mass is 498 g/mol. The highest BCUT2D eigenvalue weighted by Crippen LogP contribution is 2.41. The standard InChI is InChI=1S/C21H20Cl2N2O4S2/c1-31(27,28)24(12-15-3-2-9-29-15)13-20(26)25-8-6-19-17(7-10-30-19)21(25)16-5-4-14(22)11-18(16)23/h2-5,7,9-11,21H,6,8,12-13H2,1H3. The number of halogens is 2. The number of fused-ring (bicyclic) bond motifs is 1. The van der Waals surface area contributed by atoms with E-state index >= 15 is 0 Å². The van der Waals surface area contributed by atoms with Crippen molar-refractivity contribution in [2.24, 2.45) is 0 Å². The zero-order valence-corrected chi connectivity index (χ0v) is 19.8. The first kappa shape index (κ1) is 22.4. The number of hydrogen-bond donors (Lipinski definition) is 0. The van der Waals surface area contributed by atoms with Gasteiger partial charge in [0.1, 0.15) is 5.76 Å². The minimum atomic E-state index is -3.64. The molecule has 3 heterocycles. The van der Waals surface area contributed by atoms with Gasteiger partial charge in [-0.2, -0.15) is 4.31 Å². The summed E-state index contributed by atoms with van der Waals surface area (Å²) in [7, 11) is -3.64. The van der Waals surface area contributed by atoms with Gasteiger partial charge in [0, 0.05) is 21.5 Å². The van der Waals surface area contributed by atoms with E-state index in [1.54, 1.807) is 40.5 Å². The van der Waals surface area contributed by atoms with Crippen LogP contribution in [0.4, 0.5) is 0 Å². The number of rotatable bonds is 6. The SMILES string of the molecule is CS(=O)(=O)N(CC(=O)N1CCc2sccc2C1c1ccc(Cl)cc1Cl)Cc1ccco1. The Bertz CT molecular complexity index is 1190. The second-order valence-corrected chi connectivity index (χ2v) is 11.1. The van der Waals surface area contributed by atoms with E-state index in [4.69, 9.17) is 27.6 Å². The average molecular weight is 499 g/mol. The fourth-order valence-corrected chi connectivity index (χ4v) is 5.87. The summed E-state index contributed by atoms with van der Waals surface area (Å²) in [6.07, 6.45) is 3.26. The van der Waals surface area contributed by atoms with E-state index in [-0.39, 0.29) is 19.0 Å². The van der Waals surface area contributed by atoms with Gasteiger partial charge in [-0.15, -0.1) is 11.3 Å². The van der Waals surface area contributed by atoms with Crippen LogP contribution in [0, 0.1) is 0 Å². The molecule has 1 aliphatic heterocycles. The predicted octanol–water partition coefficient (Wildman–Crippen LogP) is 4.58. The van der Waals surface area contributed by atoms with Gasteiger partial charge in [-0.1, -0.05) is 29.3 Å². The molecular formula is C21H20Cl2N2O4S2. The van der Waals surface area contributed by atoms with Crippen LogP contribution in [0.3, 0.4) is 0 Å². The van der Waals surface area contributed by atoms with Crippen LogP contribution in [0.1, 0.15) is 27.8 Å². The maximum atomic E-state index is 13.4. The van der Waals surface area contributed by atoms with Crippen molar-refractivity contribution in [1.82, 2.24) is 9.21 Å². The van der Waals surface area contributed by atoms with E-state index in [0.717, 1.165) is 21.7 Å². The summed E-state index contributed by atoms with van der Waals surface area (Å²) in [6, 6.07) is 10.2. The molecule has 1 atom stereocenters. The first-order valence-corrected chi connectivity index (χ1v) is 13.0. The van der Waals surface area contributed by atoms with Crippen molar-refractivity contribution in [2.75, 3.05) is 19.3 Å². The largest absolute Gasteiger partial charge is 0.468 e. The lowest BCUT2D eigenvalue weighted by atomic mass is 9.93. The number of nitrogens with zero attached hydrogens (tertiary/aromatic N) is 2. The molecule has 31 heavy (non-hydrogen) atoms. The number of amides is 1. The molecule has 0 saturated heterocycles. The molecule has 1 unspecified atom stereocenters. The van der Waals surface area contributed by atoms with Gasteiger partial charge in [0.2, 0.25) is 15.9 Å². The topological polar surface area (TPSA) is 70.8 Å². The zero-order valence-electron chi connectivity index (χ0n) is 16.6. The van der Waals surface area contributed by atoms with E-state index < -0.39 is 16.1 Å². The maximum absolute atomic E-state index is 13.4. The molecule has 0 radical (unpaired) electrons. The van der Waals surface area contributed by atoms with Gasteiger partial charge < -0.3 is 9.32 Å². The van der Waals surface area contributed by atoms with Crippen molar-refractivity contribution < 1.29 is 17.6 Å². The molecule has 0 N–H and O–H groups in total. The Morgan fingerprint density at radius 3 is 2.74 bits per heavy atom. The van der Waals surface area contributed by atoms with Gasteiger partial charge in [0.15, 0.2) is 0 Å². The molecule has 0 spiro atoms. The Hall–Kier alpha value is -1.84. The number of thiophene rings is 1. The van der Waals surface area contributed by atoms with Crippen LogP contribution in [0.2, 0.25) is 10.0 Å². The summed E-state index contributed by atoms with van der Waals surface area (Å²) in [5.41, 5.74) is 1.77. The van der Waals surface area contributed by atoms with E-state index in [0.29, 0.717) is 28.8 Å². The molecule has 3 aromatic rings. The van der Waals surface area contributed by atoms with Crippen LogP contribution in [-0.4, -0.2) is 42.9 Å².